The summed E-state index contributed by atoms with van der Waals surface area (Å²) >= 11 is 6.45. The van der Waals surface area contributed by atoms with Crippen LogP contribution in [0.1, 0.15) is 25.0 Å². The standard InChI is InChI=1S/C32H35N3O2S/c1-24(2)21-28-29(30(36)37-3)32(31(38)35(28)27-17-11-6-12-18-27)33(22-25-13-7-4-8-14-25)19-20-34(32)23-26-15-9-5-10-16-26/h4-18,21,24,29H,19-20,22-23H2,1-3H3/b28-21+. The van der Waals surface area contributed by atoms with Gasteiger partial charge in [-0.3, -0.25) is 14.6 Å². The van der Waals surface area contributed by atoms with E-state index in [1.807, 2.05) is 30.3 Å². The van der Waals surface area contributed by atoms with Gasteiger partial charge in [-0.2, -0.15) is 0 Å². The van der Waals surface area contributed by atoms with E-state index in [2.05, 4.69) is 95.3 Å². The van der Waals surface area contributed by atoms with E-state index in [4.69, 9.17) is 17.0 Å². The molecule has 5 rings (SSSR count). The summed E-state index contributed by atoms with van der Waals surface area (Å²) in [5.41, 5.74) is 3.37. The minimum Gasteiger partial charge on any atom is -0.468 e. The van der Waals surface area contributed by atoms with Gasteiger partial charge in [-0.25, -0.2) is 0 Å². The molecule has 1 spiro atoms. The van der Waals surface area contributed by atoms with Crippen molar-refractivity contribution in [2.45, 2.75) is 32.6 Å². The Hall–Kier alpha value is -3.32. The summed E-state index contributed by atoms with van der Waals surface area (Å²) in [6.07, 6.45) is 2.18. The lowest BCUT2D eigenvalue weighted by Crippen LogP contribution is -2.62. The van der Waals surface area contributed by atoms with E-state index in [1.54, 1.807) is 0 Å². The van der Waals surface area contributed by atoms with Crippen LogP contribution < -0.4 is 4.90 Å². The smallest absolute Gasteiger partial charge is 0.318 e. The van der Waals surface area contributed by atoms with E-state index >= 15 is 0 Å². The number of esters is 1. The quantitative estimate of drug-likeness (QED) is 0.283. The Morgan fingerprint density at radius 1 is 0.895 bits per heavy atom. The minimum atomic E-state index is -0.856. The monoisotopic (exact) mass is 525 g/mol. The van der Waals surface area contributed by atoms with Gasteiger partial charge in [0, 0.05) is 37.6 Å². The number of methoxy groups -OCH3 is 1. The van der Waals surface area contributed by atoms with Crippen molar-refractivity contribution >= 4 is 28.9 Å². The summed E-state index contributed by atoms with van der Waals surface area (Å²) in [7, 11) is 1.48. The van der Waals surface area contributed by atoms with Gasteiger partial charge in [-0.1, -0.05) is 111 Å². The average Bonchev–Trinajstić information content (AvgIpc) is 3.40. The summed E-state index contributed by atoms with van der Waals surface area (Å²) in [5.74, 6) is -0.652. The van der Waals surface area contributed by atoms with E-state index in [1.165, 1.54) is 18.2 Å². The molecule has 0 bridgehead atoms. The van der Waals surface area contributed by atoms with Crippen LogP contribution in [0.2, 0.25) is 0 Å². The number of ether oxygens (including phenoxy) is 1. The molecule has 3 aromatic rings. The van der Waals surface area contributed by atoms with Crippen molar-refractivity contribution in [3.05, 3.63) is 114 Å². The molecule has 6 heteroatoms. The van der Waals surface area contributed by atoms with Crippen molar-refractivity contribution in [3.8, 4) is 0 Å². The van der Waals surface area contributed by atoms with E-state index in [-0.39, 0.29) is 11.9 Å². The van der Waals surface area contributed by atoms with E-state index < -0.39 is 11.6 Å². The number of carbonyl (C=O) groups excluding carboxylic acids is 1. The zero-order valence-corrected chi connectivity index (χ0v) is 23.1. The summed E-state index contributed by atoms with van der Waals surface area (Å²) in [6, 6.07) is 31.0. The van der Waals surface area contributed by atoms with Crippen LogP contribution in [0.4, 0.5) is 5.69 Å². The fourth-order valence-electron chi connectivity index (χ4n) is 5.92. The van der Waals surface area contributed by atoms with Gasteiger partial charge >= 0.3 is 5.97 Å². The lowest BCUT2D eigenvalue weighted by atomic mass is 9.89. The second-order valence-corrected chi connectivity index (χ2v) is 10.7. The van der Waals surface area contributed by atoms with Gasteiger partial charge in [-0.05, 0) is 29.2 Å². The third-order valence-corrected chi connectivity index (χ3v) is 7.95. The number of allylic oxidation sites excluding steroid dienone is 1. The molecule has 0 aromatic heterocycles. The van der Waals surface area contributed by atoms with Gasteiger partial charge in [0.05, 0.1) is 7.11 Å². The molecular weight excluding hydrogens is 490 g/mol. The van der Waals surface area contributed by atoms with Crippen LogP contribution in [-0.2, 0) is 22.6 Å². The zero-order valence-electron chi connectivity index (χ0n) is 22.3. The van der Waals surface area contributed by atoms with Crippen LogP contribution in [0.3, 0.4) is 0 Å². The van der Waals surface area contributed by atoms with Crippen LogP contribution >= 0.6 is 12.2 Å². The van der Waals surface area contributed by atoms with Gasteiger partial charge in [-0.15, -0.1) is 0 Å². The van der Waals surface area contributed by atoms with E-state index in [9.17, 15) is 4.79 Å². The van der Waals surface area contributed by atoms with Gasteiger partial charge in [0.15, 0.2) is 0 Å². The van der Waals surface area contributed by atoms with Crippen molar-refractivity contribution in [2.75, 3.05) is 25.1 Å². The number of thiocarbonyl (C=S) groups is 1. The first-order valence-corrected chi connectivity index (χ1v) is 13.6. The van der Waals surface area contributed by atoms with E-state index in [0.29, 0.717) is 13.1 Å². The van der Waals surface area contributed by atoms with Crippen LogP contribution in [0.5, 0.6) is 0 Å². The number of benzene rings is 3. The lowest BCUT2D eigenvalue weighted by molar-refractivity contribution is -0.150. The SMILES string of the molecule is COC(=O)C1/C(=C\C(C)C)N(c2ccccc2)C(=S)C12N(Cc1ccccc1)CCN2Cc1ccccc1. The highest BCUT2D eigenvalue weighted by Crippen LogP contribution is 2.50. The number of rotatable bonds is 7. The number of anilines is 1. The maximum atomic E-state index is 13.9. The highest BCUT2D eigenvalue weighted by atomic mass is 32.1. The lowest BCUT2D eigenvalue weighted by Gasteiger charge is -2.43. The van der Waals surface area contributed by atoms with Gasteiger partial charge < -0.3 is 9.64 Å². The molecule has 0 amide bonds. The maximum Gasteiger partial charge on any atom is 0.318 e. The first-order valence-electron chi connectivity index (χ1n) is 13.2. The normalized spacial score (nSPS) is 20.6. The molecule has 2 heterocycles. The predicted octanol–water partition coefficient (Wildman–Crippen LogP) is 5.88. The van der Waals surface area contributed by atoms with Crippen molar-refractivity contribution in [1.82, 2.24) is 9.80 Å². The molecule has 3 aromatic carbocycles. The van der Waals surface area contributed by atoms with Crippen molar-refractivity contribution < 1.29 is 9.53 Å². The molecule has 0 aliphatic carbocycles. The van der Waals surface area contributed by atoms with Crippen LogP contribution in [0.25, 0.3) is 0 Å². The molecular formula is C32H35N3O2S. The van der Waals surface area contributed by atoms with Crippen molar-refractivity contribution in [2.24, 2.45) is 11.8 Å². The third kappa shape index (κ3) is 4.68. The Morgan fingerprint density at radius 3 is 1.82 bits per heavy atom. The maximum absolute atomic E-state index is 13.9. The number of para-hydroxylation sites is 1. The molecule has 5 nitrogen and oxygen atoms in total. The second kappa shape index (κ2) is 11.2. The molecule has 0 saturated carbocycles. The third-order valence-electron chi connectivity index (χ3n) is 7.47. The highest BCUT2D eigenvalue weighted by molar-refractivity contribution is 7.80. The Labute approximate surface area is 231 Å². The molecule has 2 fully saturated rings. The zero-order chi connectivity index (χ0) is 26.7. The van der Waals surface area contributed by atoms with Crippen LogP contribution in [0, 0.1) is 11.8 Å². The molecule has 1 atom stereocenters. The molecule has 2 aliphatic rings. The first-order chi connectivity index (χ1) is 18.5. The molecule has 2 aliphatic heterocycles. The minimum absolute atomic E-state index is 0.216. The first kappa shape index (κ1) is 26.3. The summed E-state index contributed by atoms with van der Waals surface area (Å²) in [4.78, 5) is 21.5. The summed E-state index contributed by atoms with van der Waals surface area (Å²) in [5, 5.41) is 0. The Balaban J connectivity index is 1.72. The Bertz CT molecular complexity index is 1240. The van der Waals surface area contributed by atoms with Gasteiger partial charge in [0.25, 0.3) is 0 Å². The highest BCUT2D eigenvalue weighted by Gasteiger charge is 2.66. The molecule has 0 radical (unpaired) electrons. The van der Waals surface area contributed by atoms with Crippen molar-refractivity contribution in [1.29, 1.82) is 0 Å². The summed E-state index contributed by atoms with van der Waals surface area (Å²) < 4.78 is 5.54. The average molecular weight is 526 g/mol. The Kier molecular flexibility index (Phi) is 7.75. The molecule has 1 unspecified atom stereocenters. The topological polar surface area (TPSA) is 36.0 Å². The second-order valence-electron chi connectivity index (χ2n) is 10.3. The largest absolute Gasteiger partial charge is 0.468 e. The summed E-state index contributed by atoms with van der Waals surface area (Å²) in [6.45, 7) is 7.20. The fraction of sp³-hybridized carbons (Fsp3) is 0.312. The van der Waals surface area contributed by atoms with Crippen LogP contribution in [-0.4, -0.2) is 46.6 Å². The number of carbonyl (C=O) groups is 1. The number of nitrogens with zero attached hydrogens (tertiary/aromatic N) is 3. The Morgan fingerprint density at radius 2 is 1.37 bits per heavy atom. The van der Waals surface area contributed by atoms with Gasteiger partial charge in [0.1, 0.15) is 16.6 Å². The molecule has 38 heavy (non-hydrogen) atoms. The predicted molar refractivity (Wildman–Crippen MR) is 156 cm³/mol. The number of hydrogen-bond acceptors (Lipinski definition) is 5. The van der Waals surface area contributed by atoms with Crippen molar-refractivity contribution in [3.63, 3.8) is 0 Å². The molecule has 196 valence electrons. The van der Waals surface area contributed by atoms with Gasteiger partial charge in [0.2, 0.25) is 0 Å². The molecule has 0 N–H and O–H groups in total. The number of hydrogen-bond donors (Lipinski definition) is 0. The van der Waals surface area contributed by atoms with Crippen LogP contribution in [0.15, 0.2) is 103 Å². The van der Waals surface area contributed by atoms with E-state index in [0.717, 1.165) is 29.5 Å². The fourth-order valence-corrected chi connectivity index (χ4v) is 6.51. The molecule has 2 saturated heterocycles.